The smallest absolute Gasteiger partial charge is 0.259 e. The highest BCUT2D eigenvalue weighted by Crippen LogP contribution is 2.23. The van der Waals surface area contributed by atoms with Gasteiger partial charge in [-0.1, -0.05) is 35.0 Å². The van der Waals surface area contributed by atoms with E-state index in [2.05, 4.69) is 34.2 Å². The maximum absolute atomic E-state index is 12.8. The van der Waals surface area contributed by atoms with Crippen LogP contribution in [0.4, 0.5) is 0 Å². The topological polar surface area (TPSA) is 72.1 Å². The van der Waals surface area contributed by atoms with Crippen LogP contribution in [0.15, 0.2) is 53.3 Å². The van der Waals surface area contributed by atoms with Crippen LogP contribution in [0.1, 0.15) is 36.2 Å². The lowest BCUT2D eigenvalue weighted by atomic mass is 10.1. The van der Waals surface area contributed by atoms with E-state index in [4.69, 9.17) is 4.52 Å². The zero-order chi connectivity index (χ0) is 19.3. The highest BCUT2D eigenvalue weighted by molar-refractivity contribution is 5.79. The van der Waals surface area contributed by atoms with Crippen molar-refractivity contribution in [2.75, 3.05) is 6.54 Å². The molecule has 1 aliphatic rings. The summed E-state index contributed by atoms with van der Waals surface area (Å²) in [4.78, 5) is 23.4. The van der Waals surface area contributed by atoms with E-state index < -0.39 is 0 Å². The first-order valence-corrected chi connectivity index (χ1v) is 9.77. The van der Waals surface area contributed by atoms with E-state index in [9.17, 15) is 4.79 Å². The first-order valence-electron chi connectivity index (χ1n) is 9.77. The van der Waals surface area contributed by atoms with Gasteiger partial charge in [0.2, 0.25) is 5.91 Å². The molecule has 1 amide bonds. The van der Waals surface area contributed by atoms with Gasteiger partial charge in [-0.05, 0) is 43.9 Å². The number of rotatable bonds is 6. The summed E-state index contributed by atoms with van der Waals surface area (Å²) < 4.78 is 5.35. The van der Waals surface area contributed by atoms with Crippen molar-refractivity contribution in [3.8, 4) is 11.5 Å². The van der Waals surface area contributed by atoms with E-state index >= 15 is 0 Å². The molecule has 0 N–H and O–H groups in total. The fraction of sp³-hybridized carbons (Fsp3) is 0.364. The molecule has 1 unspecified atom stereocenters. The van der Waals surface area contributed by atoms with Crippen LogP contribution >= 0.6 is 0 Å². The van der Waals surface area contributed by atoms with E-state index in [-0.39, 0.29) is 11.9 Å². The second kappa shape index (κ2) is 8.33. The van der Waals surface area contributed by atoms with Gasteiger partial charge >= 0.3 is 0 Å². The molecule has 6 nitrogen and oxygen atoms in total. The third-order valence-corrected chi connectivity index (χ3v) is 5.21. The summed E-state index contributed by atoms with van der Waals surface area (Å²) in [5.74, 6) is 1.37. The van der Waals surface area contributed by atoms with Crippen molar-refractivity contribution in [3.05, 3.63) is 65.7 Å². The quantitative estimate of drug-likeness (QED) is 0.657. The molecule has 144 valence electrons. The van der Waals surface area contributed by atoms with Crippen LogP contribution in [-0.2, 0) is 17.6 Å². The summed E-state index contributed by atoms with van der Waals surface area (Å²) in [5.41, 5.74) is 3.08. The number of hydrogen-bond acceptors (Lipinski definition) is 5. The third kappa shape index (κ3) is 4.27. The molecule has 6 heteroatoms. The third-order valence-electron chi connectivity index (χ3n) is 5.21. The molecule has 1 saturated heterocycles. The Kier molecular flexibility index (Phi) is 5.46. The molecule has 0 radical (unpaired) electrons. The van der Waals surface area contributed by atoms with Crippen molar-refractivity contribution in [1.29, 1.82) is 0 Å². The Morgan fingerprint density at radius 3 is 3.04 bits per heavy atom. The summed E-state index contributed by atoms with van der Waals surface area (Å²) in [6.45, 7) is 2.89. The number of aryl methyl sites for hydroxylation is 2. The Bertz CT molecular complexity index is 938. The average Bonchev–Trinajstić information content (AvgIpc) is 3.36. The van der Waals surface area contributed by atoms with Gasteiger partial charge in [-0.2, -0.15) is 4.98 Å². The van der Waals surface area contributed by atoms with E-state index in [0.29, 0.717) is 24.6 Å². The number of benzene rings is 1. The summed E-state index contributed by atoms with van der Waals surface area (Å²) >= 11 is 0. The molecule has 3 aromatic rings. The predicted octanol–water partition coefficient (Wildman–Crippen LogP) is 3.61. The summed E-state index contributed by atoms with van der Waals surface area (Å²) in [6, 6.07) is 12.2. The monoisotopic (exact) mass is 376 g/mol. The van der Waals surface area contributed by atoms with Gasteiger partial charge in [0.05, 0.1) is 12.0 Å². The van der Waals surface area contributed by atoms with Crippen molar-refractivity contribution < 1.29 is 9.32 Å². The SMILES string of the molecule is Cc1cccc(CC(=O)N2CCCC2CCc2noc(-c3cccnc3)n2)c1. The molecule has 0 bridgehead atoms. The van der Waals surface area contributed by atoms with Gasteiger partial charge in [-0.15, -0.1) is 0 Å². The van der Waals surface area contributed by atoms with Crippen molar-refractivity contribution >= 4 is 5.91 Å². The molecule has 1 fully saturated rings. The van der Waals surface area contributed by atoms with Crippen molar-refractivity contribution in [2.24, 2.45) is 0 Å². The number of aromatic nitrogens is 3. The van der Waals surface area contributed by atoms with Crippen LogP contribution in [0.3, 0.4) is 0 Å². The van der Waals surface area contributed by atoms with Gasteiger partial charge in [0.15, 0.2) is 5.82 Å². The number of hydrogen-bond donors (Lipinski definition) is 0. The number of likely N-dealkylation sites (tertiary alicyclic amines) is 1. The number of nitrogens with zero attached hydrogens (tertiary/aromatic N) is 4. The van der Waals surface area contributed by atoms with E-state index in [1.54, 1.807) is 12.4 Å². The maximum atomic E-state index is 12.8. The second-order valence-electron chi connectivity index (χ2n) is 7.35. The van der Waals surface area contributed by atoms with Gasteiger partial charge in [-0.25, -0.2) is 0 Å². The van der Waals surface area contributed by atoms with E-state index in [1.807, 2.05) is 29.2 Å². The summed E-state index contributed by atoms with van der Waals surface area (Å²) in [5, 5.41) is 4.08. The second-order valence-corrected chi connectivity index (χ2v) is 7.35. The van der Waals surface area contributed by atoms with Gasteiger partial charge in [0, 0.05) is 31.4 Å². The number of carbonyl (C=O) groups excluding carboxylic acids is 1. The van der Waals surface area contributed by atoms with Crippen LogP contribution in [-0.4, -0.2) is 38.5 Å². The molecular weight excluding hydrogens is 352 g/mol. The van der Waals surface area contributed by atoms with E-state index in [1.165, 1.54) is 5.56 Å². The average molecular weight is 376 g/mol. The minimum atomic E-state index is 0.206. The Morgan fingerprint density at radius 2 is 2.21 bits per heavy atom. The highest BCUT2D eigenvalue weighted by atomic mass is 16.5. The minimum absolute atomic E-state index is 0.206. The lowest BCUT2D eigenvalue weighted by Gasteiger charge is -2.24. The van der Waals surface area contributed by atoms with Gasteiger partial charge in [0.25, 0.3) is 5.89 Å². The Labute approximate surface area is 164 Å². The Hall–Kier alpha value is -3.02. The molecule has 3 heterocycles. The lowest BCUT2D eigenvalue weighted by molar-refractivity contribution is -0.131. The fourth-order valence-electron chi connectivity index (χ4n) is 3.82. The molecule has 28 heavy (non-hydrogen) atoms. The van der Waals surface area contributed by atoms with Crippen LogP contribution in [0.2, 0.25) is 0 Å². The first-order chi connectivity index (χ1) is 13.7. The molecule has 1 atom stereocenters. The molecule has 0 aliphatic carbocycles. The molecule has 0 spiro atoms. The van der Waals surface area contributed by atoms with Gasteiger partial charge < -0.3 is 9.42 Å². The molecule has 1 aromatic carbocycles. The number of carbonyl (C=O) groups is 1. The van der Waals surface area contributed by atoms with E-state index in [0.717, 1.165) is 36.9 Å². The largest absolute Gasteiger partial charge is 0.339 e. The van der Waals surface area contributed by atoms with Crippen LogP contribution in [0.25, 0.3) is 11.5 Å². The summed E-state index contributed by atoms with van der Waals surface area (Å²) in [6.07, 6.45) is 7.52. The van der Waals surface area contributed by atoms with Crippen molar-refractivity contribution in [3.63, 3.8) is 0 Å². The molecule has 4 rings (SSSR count). The molecule has 2 aromatic heterocycles. The lowest BCUT2D eigenvalue weighted by Crippen LogP contribution is -2.36. The Balaban J connectivity index is 1.35. The molecule has 0 saturated carbocycles. The number of pyridine rings is 1. The zero-order valence-electron chi connectivity index (χ0n) is 16.0. The molecule has 1 aliphatic heterocycles. The van der Waals surface area contributed by atoms with Crippen LogP contribution in [0, 0.1) is 6.92 Å². The predicted molar refractivity (Wildman–Crippen MR) is 105 cm³/mol. The van der Waals surface area contributed by atoms with Crippen molar-refractivity contribution in [2.45, 2.75) is 45.1 Å². The minimum Gasteiger partial charge on any atom is -0.339 e. The van der Waals surface area contributed by atoms with Gasteiger partial charge in [-0.3, -0.25) is 9.78 Å². The highest BCUT2D eigenvalue weighted by Gasteiger charge is 2.28. The summed E-state index contributed by atoms with van der Waals surface area (Å²) in [7, 11) is 0. The Morgan fingerprint density at radius 1 is 1.29 bits per heavy atom. The normalized spacial score (nSPS) is 16.5. The van der Waals surface area contributed by atoms with Crippen molar-refractivity contribution in [1.82, 2.24) is 20.0 Å². The number of amides is 1. The zero-order valence-corrected chi connectivity index (χ0v) is 16.0. The van der Waals surface area contributed by atoms with Crippen LogP contribution < -0.4 is 0 Å². The van der Waals surface area contributed by atoms with Crippen LogP contribution in [0.5, 0.6) is 0 Å². The standard InChI is InChI=1S/C22H24N4O2/c1-16-5-2-6-17(13-16)14-21(27)26-12-4-8-19(26)9-10-20-24-22(28-25-20)18-7-3-11-23-15-18/h2-3,5-7,11,13,15,19H,4,8-10,12,14H2,1H3. The molecular formula is C22H24N4O2. The fourth-order valence-corrected chi connectivity index (χ4v) is 3.82. The van der Waals surface area contributed by atoms with Gasteiger partial charge in [0.1, 0.15) is 0 Å². The first kappa shape index (κ1) is 18.3. The maximum Gasteiger partial charge on any atom is 0.259 e.